The molecule has 0 amide bonds. The Morgan fingerprint density at radius 3 is 2.66 bits per heavy atom. The normalized spacial score (nSPS) is 18.1. The van der Waals surface area contributed by atoms with Crippen molar-refractivity contribution in [2.45, 2.75) is 37.1 Å². The number of rotatable bonds is 5. The Labute approximate surface area is 172 Å². The summed E-state index contributed by atoms with van der Waals surface area (Å²) in [6, 6.07) is 14.6. The Balaban J connectivity index is 1.57. The van der Waals surface area contributed by atoms with Crippen LogP contribution in [0.5, 0.6) is 0 Å². The van der Waals surface area contributed by atoms with E-state index in [1.54, 1.807) is 22.1 Å². The molecule has 1 aliphatic heterocycles. The molecule has 0 spiro atoms. The van der Waals surface area contributed by atoms with Gasteiger partial charge in [-0.3, -0.25) is 4.98 Å². The van der Waals surface area contributed by atoms with Crippen LogP contribution in [0.3, 0.4) is 0 Å². The molecule has 0 radical (unpaired) electrons. The molecule has 0 N–H and O–H groups in total. The van der Waals surface area contributed by atoms with E-state index in [2.05, 4.69) is 29.2 Å². The van der Waals surface area contributed by atoms with Gasteiger partial charge in [-0.25, -0.2) is 13.4 Å². The van der Waals surface area contributed by atoms with Gasteiger partial charge < -0.3 is 4.57 Å². The van der Waals surface area contributed by atoms with Gasteiger partial charge in [0.15, 0.2) is 5.03 Å². The van der Waals surface area contributed by atoms with Crippen LogP contribution in [0.15, 0.2) is 60.0 Å². The highest BCUT2D eigenvalue weighted by Crippen LogP contribution is 2.30. The third-order valence-corrected chi connectivity index (χ3v) is 7.12. The number of benzene rings is 1. The number of nitrogens with zero attached hydrogens (tertiary/aromatic N) is 4. The monoisotopic (exact) mass is 410 g/mol. The van der Waals surface area contributed by atoms with Crippen molar-refractivity contribution in [1.82, 2.24) is 18.8 Å². The number of hydrogen-bond donors (Lipinski definition) is 0. The largest absolute Gasteiger partial charge is 0.339 e. The highest BCUT2D eigenvalue weighted by Gasteiger charge is 2.32. The lowest BCUT2D eigenvalue weighted by molar-refractivity contribution is 0.311. The van der Waals surface area contributed by atoms with Crippen LogP contribution in [0, 0.1) is 6.92 Å². The van der Waals surface area contributed by atoms with Gasteiger partial charge in [-0.1, -0.05) is 30.3 Å². The predicted molar refractivity (Wildman–Crippen MR) is 112 cm³/mol. The molecule has 1 atom stereocenters. The fourth-order valence-electron chi connectivity index (χ4n) is 3.97. The zero-order valence-corrected chi connectivity index (χ0v) is 17.6. The first kappa shape index (κ1) is 19.8. The molecule has 152 valence electrons. The SMILES string of the molecule is Cc1cc(Cc2ccccc2)cc([C@@H]2CCCN(S(=O)(=O)c3cn(C)cn3)C2)n1. The smallest absolute Gasteiger partial charge is 0.262 e. The van der Waals surface area contributed by atoms with E-state index in [1.807, 2.05) is 25.1 Å². The molecule has 3 aromatic rings. The van der Waals surface area contributed by atoms with Crippen LogP contribution in [0.25, 0.3) is 0 Å². The molecule has 0 bridgehead atoms. The molecule has 0 unspecified atom stereocenters. The van der Waals surface area contributed by atoms with Gasteiger partial charge in [-0.2, -0.15) is 4.31 Å². The van der Waals surface area contributed by atoms with Gasteiger partial charge >= 0.3 is 0 Å². The van der Waals surface area contributed by atoms with Gasteiger partial charge in [0, 0.05) is 43.6 Å². The van der Waals surface area contributed by atoms with Crippen molar-refractivity contribution in [2.24, 2.45) is 7.05 Å². The van der Waals surface area contributed by atoms with Crippen LogP contribution in [0.4, 0.5) is 0 Å². The molecular formula is C22H26N4O2S. The highest BCUT2D eigenvalue weighted by atomic mass is 32.2. The Bertz CT molecular complexity index is 1090. The van der Waals surface area contributed by atoms with Gasteiger partial charge in [0.1, 0.15) is 0 Å². The Morgan fingerprint density at radius 1 is 1.14 bits per heavy atom. The van der Waals surface area contributed by atoms with Gasteiger partial charge in [-0.05, 0) is 49.4 Å². The topological polar surface area (TPSA) is 68.1 Å². The minimum absolute atomic E-state index is 0.0941. The minimum Gasteiger partial charge on any atom is -0.339 e. The van der Waals surface area contributed by atoms with Crippen LogP contribution >= 0.6 is 0 Å². The zero-order chi connectivity index (χ0) is 20.4. The van der Waals surface area contributed by atoms with Crippen molar-refractivity contribution < 1.29 is 8.42 Å². The number of aromatic nitrogens is 3. The molecule has 4 rings (SSSR count). The van der Waals surface area contributed by atoms with Gasteiger partial charge in [-0.15, -0.1) is 0 Å². The van der Waals surface area contributed by atoms with Crippen molar-refractivity contribution in [3.8, 4) is 0 Å². The second-order valence-electron chi connectivity index (χ2n) is 7.78. The van der Waals surface area contributed by atoms with Gasteiger partial charge in [0.25, 0.3) is 10.0 Å². The van der Waals surface area contributed by atoms with Crippen molar-refractivity contribution in [3.63, 3.8) is 0 Å². The Morgan fingerprint density at radius 2 is 1.93 bits per heavy atom. The maximum absolute atomic E-state index is 13.0. The number of sulfonamides is 1. The summed E-state index contributed by atoms with van der Waals surface area (Å²) in [6.45, 7) is 2.97. The molecule has 1 fully saturated rings. The van der Waals surface area contributed by atoms with E-state index in [-0.39, 0.29) is 10.9 Å². The average molecular weight is 411 g/mol. The lowest BCUT2D eigenvalue weighted by Crippen LogP contribution is -2.39. The number of piperidine rings is 1. The molecule has 7 heteroatoms. The summed E-state index contributed by atoms with van der Waals surface area (Å²) in [6.07, 6.45) is 5.68. The van der Waals surface area contributed by atoms with E-state index in [9.17, 15) is 8.42 Å². The van der Waals surface area contributed by atoms with Gasteiger partial charge in [0.05, 0.1) is 6.33 Å². The van der Waals surface area contributed by atoms with E-state index in [1.165, 1.54) is 17.5 Å². The zero-order valence-electron chi connectivity index (χ0n) is 16.8. The van der Waals surface area contributed by atoms with Crippen molar-refractivity contribution in [2.75, 3.05) is 13.1 Å². The molecule has 0 saturated carbocycles. The summed E-state index contributed by atoms with van der Waals surface area (Å²) < 4.78 is 29.2. The maximum Gasteiger partial charge on any atom is 0.262 e. The minimum atomic E-state index is -3.58. The van der Waals surface area contributed by atoms with Gasteiger partial charge in [0.2, 0.25) is 0 Å². The first-order chi connectivity index (χ1) is 13.9. The molecule has 29 heavy (non-hydrogen) atoms. The molecule has 6 nitrogen and oxygen atoms in total. The molecule has 1 aliphatic rings. The van der Waals surface area contributed by atoms with Crippen LogP contribution in [-0.4, -0.2) is 40.3 Å². The molecule has 1 aromatic carbocycles. The molecule has 1 saturated heterocycles. The van der Waals surface area contributed by atoms with Crippen molar-refractivity contribution in [1.29, 1.82) is 0 Å². The van der Waals surface area contributed by atoms with E-state index in [0.29, 0.717) is 13.1 Å². The fourth-order valence-corrected chi connectivity index (χ4v) is 5.46. The molecule has 2 aromatic heterocycles. The summed E-state index contributed by atoms with van der Waals surface area (Å²) in [7, 11) is -1.80. The van der Waals surface area contributed by atoms with Crippen LogP contribution < -0.4 is 0 Å². The van der Waals surface area contributed by atoms with E-state index >= 15 is 0 Å². The summed E-state index contributed by atoms with van der Waals surface area (Å²) >= 11 is 0. The lowest BCUT2D eigenvalue weighted by atomic mass is 9.93. The van der Waals surface area contributed by atoms with Crippen LogP contribution in [0.2, 0.25) is 0 Å². The summed E-state index contributed by atoms with van der Waals surface area (Å²) in [4.78, 5) is 8.80. The third kappa shape index (κ3) is 4.41. The standard InChI is InChI=1S/C22H26N4O2S/c1-17-11-19(12-18-7-4-3-5-8-18)13-21(24-17)20-9-6-10-26(14-20)29(27,28)22-15-25(2)16-23-22/h3-5,7-8,11,13,15-16,20H,6,9-10,12,14H2,1-2H3/t20-/m1/s1. The molecular weight excluding hydrogens is 384 g/mol. The summed E-state index contributed by atoms with van der Waals surface area (Å²) in [5, 5.41) is 0.114. The first-order valence-corrected chi connectivity index (χ1v) is 11.4. The first-order valence-electron chi connectivity index (χ1n) is 9.91. The predicted octanol–water partition coefficient (Wildman–Crippen LogP) is 3.28. The van der Waals surface area contributed by atoms with Crippen LogP contribution in [-0.2, 0) is 23.5 Å². The second kappa shape index (κ2) is 8.08. The molecule has 3 heterocycles. The number of hydrogen-bond acceptors (Lipinski definition) is 4. The maximum atomic E-state index is 13.0. The van der Waals surface area contributed by atoms with E-state index in [0.717, 1.165) is 30.7 Å². The van der Waals surface area contributed by atoms with E-state index in [4.69, 9.17) is 4.98 Å². The van der Waals surface area contributed by atoms with Crippen molar-refractivity contribution in [3.05, 3.63) is 77.5 Å². The van der Waals surface area contributed by atoms with Crippen molar-refractivity contribution >= 4 is 10.0 Å². The average Bonchev–Trinajstić information content (AvgIpc) is 3.16. The summed E-state index contributed by atoms with van der Waals surface area (Å²) in [5.41, 5.74) is 4.42. The van der Waals surface area contributed by atoms with E-state index < -0.39 is 10.0 Å². The Kier molecular flexibility index (Phi) is 5.52. The number of pyridine rings is 1. The fraction of sp³-hybridized carbons (Fsp3) is 0.364. The Hall–Kier alpha value is -2.51. The number of imidazole rings is 1. The number of aryl methyl sites for hydroxylation is 2. The second-order valence-corrected chi connectivity index (χ2v) is 9.67. The molecule has 0 aliphatic carbocycles. The van der Waals surface area contributed by atoms with Crippen LogP contribution in [0.1, 0.15) is 41.3 Å². The third-order valence-electron chi connectivity index (χ3n) is 5.37. The highest BCUT2D eigenvalue weighted by molar-refractivity contribution is 7.89. The summed E-state index contributed by atoms with van der Waals surface area (Å²) in [5.74, 6) is 0.0941. The lowest BCUT2D eigenvalue weighted by Gasteiger charge is -2.31. The quantitative estimate of drug-likeness (QED) is 0.647.